The Labute approximate surface area is 875 Å². The van der Waals surface area contributed by atoms with Gasteiger partial charge in [-0.15, -0.1) is 11.6 Å². The second kappa shape index (κ2) is 47.4. The van der Waals surface area contributed by atoms with Gasteiger partial charge in [-0.3, -0.25) is 35.1 Å². The Kier molecular flexibility index (Phi) is 37.3. The Morgan fingerprint density at radius 2 is 0.840 bits per heavy atom. The fraction of sp³-hybridized carbons (Fsp3) is 0.536. The van der Waals surface area contributed by atoms with Crippen LogP contribution in [0.25, 0.3) is 44.1 Å². The zero-order valence-electron chi connectivity index (χ0n) is 83.4. The number of ketones is 1. The maximum Gasteiger partial charge on any atom is 0.276 e. The van der Waals surface area contributed by atoms with Crippen LogP contribution in [0.5, 0.6) is 17.2 Å². The summed E-state index contributed by atoms with van der Waals surface area (Å²) in [5, 5.41) is 98.7. The average molecular weight is 2300 g/mol. The normalized spacial score (nSPS) is 21.0. The van der Waals surface area contributed by atoms with E-state index < -0.39 is 113 Å². The van der Waals surface area contributed by atoms with Crippen LogP contribution >= 0.6 is 80.0 Å². The third-order valence-electron chi connectivity index (χ3n) is 25.9. The predicted molar refractivity (Wildman–Crippen MR) is 556 cm³/mol. The number of Topliss-reactive ketones (excluding diaryl/α,β-unsaturated/α-hetero) is 1. The molecule has 11 aromatic rings. The molecule has 10 N–H and O–H groups in total. The van der Waals surface area contributed by atoms with Gasteiger partial charge in [0.25, 0.3) is 17.1 Å². The van der Waals surface area contributed by atoms with Gasteiger partial charge in [-0.25, -0.2) is 39.9 Å². The summed E-state index contributed by atoms with van der Waals surface area (Å²) in [6.45, 7) is 31.5. The highest BCUT2D eigenvalue weighted by Gasteiger charge is 2.47. The molecule has 15 rings (SSSR count). The SMILES string of the molecule is CC[C@H]1O[C@@H](n2cc(CCl)c3c(Cl)ncnc32)CC1O[Si](C)(C)C(C)(C)C.COc1cc([C@@H](OCc2cn([C@H]3CC(O)[C@@H](CO)O3)c3ncnc(Cl)c23)C(C)(C)C)c([N+](=O)[O-])cc1I.COc1cc([C@@H](OCc2cn([C@H]3CC(O)[C@@H](CO)O3)c3ncnc(N)c23)C(C)(C)C)c([N+](=O)[O-])cc1C#CCCC(C)=O.COc1cc([C@@H](OCc2cn([C@H]3CC(O)[C@@H](CO)O3)c3ncnc(N)c23)C(C)(C)C)c([N+](=O)[O-])cc1I. The molecule has 47 heteroatoms. The zero-order valence-corrected chi connectivity index (χ0v) is 91.0. The Bertz CT molecular complexity index is 6340. The number of carbonyl (C=O) groups is 1. The molecule has 0 radical (unpaired) electrons. The predicted octanol–water partition coefficient (Wildman–Crippen LogP) is 17.5. The first-order valence-electron chi connectivity index (χ1n) is 46.5. The molecule has 0 bridgehead atoms. The maximum atomic E-state index is 12.3. The molecular formula is C97H124Cl3I2N17O24Si. The summed E-state index contributed by atoms with van der Waals surface area (Å²) in [7, 11) is 2.61. The van der Waals surface area contributed by atoms with Crippen molar-refractivity contribution >= 4 is 167 Å². The summed E-state index contributed by atoms with van der Waals surface area (Å²) in [5.74, 6) is 7.98. The Balaban J connectivity index is 0.000000173. The average Bonchev–Trinajstić information content (AvgIpc) is 1.61. The number of hydrogen-bond acceptors (Lipinski definition) is 34. The molecule has 144 heavy (non-hydrogen) atoms. The standard InChI is InChI=1S/C30H37N5O8.C24H28ClIN4O7.C24H30IN5O7.C19H29Cl2N3O2Si/c1-17(37)8-6-7-9-18-10-21(35(39)40)20(11-23(18)41-5)27(30(2,3)4)42-15-19-13-34(25-12-22(38)24(14-36)43-25)29-26(19)28(31)32-16-33-29;1-24(2,3)21(13-5-17(35-4)14(26)6-15(13)30(33)34)36-10-12-8-29(19-7-16(32)18(9-31)37-19)23-20(12)22(25)27-11-28-23;1-24(2,3)21(13-5-17(35-4)14(25)6-15(13)30(33)34)36-10-12-8-29(19-7-16(32)18(9-31)37-19)23-20(12)22(26)27-11-28-23;1-7-13-14(26-27(5,6)19(2,3)4)8-15(25-13)24-10-12(9-20)16-17(21)22-11-23-18(16)24/h10-11,13,16,22,24-25,27,36,38H,6,8,12,14-15H2,1-5H3,(H2,31,32,33);5-6,8,11,16,18-19,21,31-32H,7,9-10H2,1-4H3;5-6,8,11,16,18-19,21,31-32H,7,9-10H2,1-4H3,(H2,26,27,28);10-11,13-15H,7-9H2,1-6H3/t22?,24-,25-,27-;2*16?,18-,19-,21-;13-,14?,15-/m1111/s1. The number of alkyl halides is 1. The molecule has 41 nitrogen and oxygen atoms in total. The smallest absolute Gasteiger partial charge is 0.276 e. The second-order valence-electron chi connectivity index (χ2n) is 40.2. The Morgan fingerprint density at radius 1 is 0.514 bits per heavy atom. The van der Waals surface area contributed by atoms with E-state index in [-0.39, 0.29) is 128 Å². The number of nitro benzene ring substituents is 3. The van der Waals surface area contributed by atoms with Gasteiger partial charge >= 0.3 is 0 Å². The molecule has 4 fully saturated rings. The van der Waals surface area contributed by atoms with Gasteiger partial charge in [-0.2, -0.15) is 0 Å². The highest BCUT2D eigenvalue weighted by atomic mass is 127. The van der Waals surface area contributed by atoms with Crippen molar-refractivity contribution in [1.82, 2.24) is 58.1 Å². The van der Waals surface area contributed by atoms with Crippen molar-refractivity contribution in [2.45, 2.75) is 278 Å². The topological polar surface area (TPSA) is 544 Å². The van der Waals surface area contributed by atoms with Crippen molar-refractivity contribution in [3.05, 3.63) is 179 Å². The summed E-state index contributed by atoms with van der Waals surface area (Å²) in [6.07, 6.45) is 7.32. The molecule has 4 unspecified atom stereocenters. The van der Waals surface area contributed by atoms with E-state index in [1.54, 1.807) is 50.5 Å². The van der Waals surface area contributed by atoms with Crippen LogP contribution in [-0.4, -0.2) is 208 Å². The minimum atomic E-state index is -1.88. The van der Waals surface area contributed by atoms with E-state index in [2.05, 4.69) is 92.5 Å². The molecule has 0 saturated carbocycles. The molecule has 780 valence electrons. The van der Waals surface area contributed by atoms with Gasteiger partial charge in [-0.05, 0) is 117 Å². The number of aromatic nitrogens is 12. The number of hydrogen-bond donors (Lipinski definition) is 8. The van der Waals surface area contributed by atoms with E-state index in [0.717, 1.165) is 29.4 Å². The van der Waals surface area contributed by atoms with E-state index in [4.69, 9.17) is 98.1 Å². The molecular weight excluding hydrogens is 2180 g/mol. The van der Waals surface area contributed by atoms with Crippen molar-refractivity contribution in [1.29, 1.82) is 0 Å². The van der Waals surface area contributed by atoms with Crippen molar-refractivity contribution in [3.63, 3.8) is 0 Å². The van der Waals surface area contributed by atoms with Crippen molar-refractivity contribution < 1.29 is 102 Å². The van der Waals surface area contributed by atoms with E-state index in [1.165, 1.54) is 71.8 Å². The fourth-order valence-corrected chi connectivity index (χ4v) is 21.1. The molecule has 8 aromatic heterocycles. The van der Waals surface area contributed by atoms with Gasteiger partial charge in [0.2, 0.25) is 0 Å². The number of aliphatic hydroxyl groups is 6. The third kappa shape index (κ3) is 25.4. The minimum Gasteiger partial charge on any atom is -0.496 e. The quantitative estimate of drug-likeness (QED) is 0.00380. The van der Waals surface area contributed by atoms with Gasteiger partial charge in [0.15, 0.2) is 8.32 Å². The molecule has 4 saturated heterocycles. The second-order valence-corrected chi connectivity index (χ2v) is 48.3. The molecule has 15 atom stereocenters. The minimum absolute atomic E-state index is 0.00617. The van der Waals surface area contributed by atoms with Crippen molar-refractivity contribution in [2.75, 3.05) is 52.6 Å². The van der Waals surface area contributed by atoms with E-state index in [9.17, 15) is 65.8 Å². The molecule has 0 aliphatic carbocycles. The lowest BCUT2D eigenvalue weighted by atomic mass is 9.83. The van der Waals surface area contributed by atoms with Gasteiger partial charge < -0.3 is 112 Å². The van der Waals surface area contributed by atoms with Crippen molar-refractivity contribution in [2.24, 2.45) is 16.2 Å². The Hall–Kier alpha value is -9.44. The first-order valence-corrected chi connectivity index (χ1v) is 52.9. The molecule has 0 spiro atoms. The number of ether oxygens (including phenoxy) is 10. The van der Waals surface area contributed by atoms with Crippen molar-refractivity contribution in [3.8, 4) is 29.1 Å². The Morgan fingerprint density at radius 3 is 1.17 bits per heavy atom. The number of rotatable bonds is 31. The maximum absolute atomic E-state index is 12.3. The zero-order chi connectivity index (χ0) is 106. The van der Waals surface area contributed by atoms with E-state index in [0.29, 0.717) is 114 Å². The largest absolute Gasteiger partial charge is 0.496 e. The van der Waals surface area contributed by atoms with Gasteiger partial charge in [-0.1, -0.05) is 125 Å². The summed E-state index contributed by atoms with van der Waals surface area (Å²) in [4.78, 5) is 80.1. The number of nitrogens with two attached hydrogens (primary N) is 2. The highest BCUT2D eigenvalue weighted by molar-refractivity contribution is 14.1. The first-order chi connectivity index (χ1) is 67.8. The van der Waals surface area contributed by atoms with Gasteiger partial charge in [0.05, 0.1) is 176 Å². The molecule has 4 aliphatic heterocycles. The highest BCUT2D eigenvalue weighted by Crippen LogP contribution is 2.51. The molecule has 0 amide bonds. The van der Waals surface area contributed by atoms with Gasteiger partial charge in [0.1, 0.15) is 136 Å². The lowest BCUT2D eigenvalue weighted by molar-refractivity contribution is -0.386. The van der Waals surface area contributed by atoms with Crippen LogP contribution in [0.3, 0.4) is 0 Å². The van der Waals surface area contributed by atoms with E-state index in [1.807, 2.05) is 118 Å². The van der Waals surface area contributed by atoms with Crippen LogP contribution < -0.4 is 25.7 Å². The number of halogens is 5. The number of carbonyl (C=O) groups excluding carboxylic acids is 1. The van der Waals surface area contributed by atoms with E-state index >= 15 is 0 Å². The fourth-order valence-electron chi connectivity index (χ4n) is 17.7. The van der Waals surface area contributed by atoms with Crippen LogP contribution in [0.4, 0.5) is 28.7 Å². The third-order valence-corrected chi connectivity index (χ3v) is 32.9. The van der Waals surface area contributed by atoms with Crippen LogP contribution in [0, 0.1) is 65.6 Å². The summed E-state index contributed by atoms with van der Waals surface area (Å²) < 4.78 is 74.7. The molecule has 3 aromatic carbocycles. The number of benzene rings is 3. The molecule has 12 heterocycles. The van der Waals surface area contributed by atoms with Crippen LogP contribution in [0.2, 0.25) is 28.4 Å². The van der Waals surface area contributed by atoms with Crippen LogP contribution in [-0.2, 0) is 68.1 Å². The number of nitrogen functional groups attached to an aromatic ring is 2. The van der Waals surface area contributed by atoms with Gasteiger partial charge in [0, 0.05) is 104 Å². The first kappa shape index (κ1) is 113. The van der Waals surface area contributed by atoms with Crippen LogP contribution in [0.15, 0.2) is 86.5 Å². The van der Waals surface area contributed by atoms with Crippen LogP contribution in [0.1, 0.15) is 230 Å². The monoisotopic (exact) mass is 2300 g/mol. The lowest BCUT2D eigenvalue weighted by Crippen LogP contribution is -2.45. The summed E-state index contributed by atoms with van der Waals surface area (Å²) in [5.41, 5.74) is 17.0. The number of aliphatic hydroxyl groups excluding tert-OH is 6. The lowest BCUT2D eigenvalue weighted by Gasteiger charge is -2.39. The number of fused-ring (bicyclic) bond motifs is 4. The number of nitro groups is 3. The number of methoxy groups -OCH3 is 3. The summed E-state index contributed by atoms with van der Waals surface area (Å²) in [6, 6.07) is 9.21. The molecule has 4 aliphatic rings. The summed E-state index contributed by atoms with van der Waals surface area (Å²) >= 11 is 22.9. The number of anilines is 2. The number of nitrogens with zero attached hydrogens (tertiary/aromatic N) is 15.